The predicted octanol–water partition coefficient (Wildman–Crippen LogP) is 2.59. The number of carbonyl (C=O) groups excluding carboxylic acids is 1. The van der Waals surface area contributed by atoms with Gasteiger partial charge in [-0.25, -0.2) is 10.9 Å². The van der Waals surface area contributed by atoms with E-state index in [1.807, 2.05) is 12.1 Å². The first-order valence-electron chi connectivity index (χ1n) is 9.52. The molecule has 1 saturated carbocycles. The summed E-state index contributed by atoms with van der Waals surface area (Å²) in [6, 6.07) is 5.56. The van der Waals surface area contributed by atoms with Gasteiger partial charge in [0, 0.05) is 31.0 Å². The van der Waals surface area contributed by atoms with Crippen LogP contribution in [-0.4, -0.2) is 40.0 Å². The molecule has 0 atom stereocenters. The van der Waals surface area contributed by atoms with Gasteiger partial charge >= 0.3 is 6.18 Å². The molecule has 4 rings (SSSR count). The van der Waals surface area contributed by atoms with Crippen LogP contribution >= 0.6 is 0 Å². The number of rotatable bonds is 6. The fourth-order valence-electron chi connectivity index (χ4n) is 3.32. The zero-order chi connectivity index (χ0) is 21.3. The average Bonchev–Trinajstić information content (AvgIpc) is 3.51. The van der Waals surface area contributed by atoms with Gasteiger partial charge in [-0.2, -0.15) is 18.2 Å². The Morgan fingerprint density at radius 1 is 1.30 bits per heavy atom. The number of benzene rings is 1. The lowest BCUT2D eigenvalue weighted by Gasteiger charge is -2.29. The number of nitrogens with one attached hydrogen (secondary N) is 2. The van der Waals surface area contributed by atoms with Crippen LogP contribution in [0.4, 0.5) is 30.6 Å². The highest BCUT2D eigenvalue weighted by Crippen LogP contribution is 2.36. The highest BCUT2D eigenvalue weighted by molar-refractivity contribution is 5.77. The van der Waals surface area contributed by atoms with E-state index in [1.54, 1.807) is 11.0 Å². The Labute approximate surface area is 170 Å². The van der Waals surface area contributed by atoms with Gasteiger partial charge < -0.3 is 15.5 Å². The number of carbonyl (C=O) groups is 1. The van der Waals surface area contributed by atoms with Crippen molar-refractivity contribution in [2.45, 2.75) is 38.0 Å². The lowest BCUT2D eigenvalue weighted by molar-refractivity contribution is -0.138. The van der Waals surface area contributed by atoms with E-state index in [0.29, 0.717) is 25.2 Å². The SMILES string of the molecule is NOCC(=O)N1CCc2cc(Nc3ncc(C(F)(F)F)c(NC4CC4)n3)ccc2C1. The molecule has 1 aliphatic carbocycles. The third kappa shape index (κ3) is 4.62. The van der Waals surface area contributed by atoms with Crippen molar-refractivity contribution in [3.05, 3.63) is 41.1 Å². The molecular weight excluding hydrogens is 401 g/mol. The van der Waals surface area contributed by atoms with E-state index in [1.165, 1.54) is 0 Å². The van der Waals surface area contributed by atoms with E-state index in [0.717, 1.165) is 30.2 Å². The van der Waals surface area contributed by atoms with Gasteiger partial charge in [0.2, 0.25) is 5.95 Å². The Hall–Kier alpha value is -2.92. The first-order valence-corrected chi connectivity index (χ1v) is 9.52. The smallest absolute Gasteiger partial charge is 0.367 e. The zero-order valence-corrected chi connectivity index (χ0v) is 16.0. The summed E-state index contributed by atoms with van der Waals surface area (Å²) in [5, 5.41) is 5.80. The minimum absolute atomic E-state index is 0.0212. The van der Waals surface area contributed by atoms with Crippen LogP contribution in [0.25, 0.3) is 0 Å². The molecule has 0 saturated heterocycles. The summed E-state index contributed by atoms with van der Waals surface area (Å²) in [4.78, 5) is 25.9. The van der Waals surface area contributed by atoms with Gasteiger partial charge in [-0.15, -0.1) is 0 Å². The molecule has 0 unspecified atom stereocenters. The maximum Gasteiger partial charge on any atom is 0.421 e. The molecule has 1 aromatic heterocycles. The molecule has 0 spiro atoms. The third-order valence-corrected chi connectivity index (χ3v) is 5.05. The van der Waals surface area contributed by atoms with Crippen LogP contribution < -0.4 is 16.5 Å². The molecule has 1 amide bonds. The van der Waals surface area contributed by atoms with Gasteiger partial charge in [0.15, 0.2) is 0 Å². The second-order valence-electron chi connectivity index (χ2n) is 7.36. The lowest BCUT2D eigenvalue weighted by Crippen LogP contribution is -2.38. The number of halogens is 3. The largest absolute Gasteiger partial charge is 0.421 e. The molecule has 11 heteroatoms. The van der Waals surface area contributed by atoms with Crippen LogP contribution in [0, 0.1) is 0 Å². The van der Waals surface area contributed by atoms with Crippen molar-refractivity contribution in [3.63, 3.8) is 0 Å². The van der Waals surface area contributed by atoms with Crippen LogP contribution in [-0.2, 0) is 28.8 Å². The Bertz CT molecular complexity index is 948. The zero-order valence-electron chi connectivity index (χ0n) is 16.0. The van der Waals surface area contributed by atoms with Crippen molar-refractivity contribution < 1.29 is 22.8 Å². The van der Waals surface area contributed by atoms with Gasteiger partial charge in [0.25, 0.3) is 5.91 Å². The van der Waals surface area contributed by atoms with E-state index in [4.69, 9.17) is 5.90 Å². The van der Waals surface area contributed by atoms with Crippen molar-refractivity contribution >= 4 is 23.4 Å². The van der Waals surface area contributed by atoms with E-state index in [9.17, 15) is 18.0 Å². The summed E-state index contributed by atoms with van der Waals surface area (Å²) >= 11 is 0. The quantitative estimate of drug-likeness (QED) is 0.615. The Kier molecular flexibility index (Phi) is 5.48. The number of nitrogens with zero attached hydrogens (tertiary/aromatic N) is 3. The highest BCUT2D eigenvalue weighted by Gasteiger charge is 2.37. The molecular formula is C19H21F3N6O2. The number of alkyl halides is 3. The van der Waals surface area contributed by atoms with Gasteiger partial charge in [0.05, 0.1) is 0 Å². The maximum atomic E-state index is 13.2. The molecule has 2 aliphatic rings. The predicted molar refractivity (Wildman–Crippen MR) is 103 cm³/mol. The minimum Gasteiger partial charge on any atom is -0.367 e. The van der Waals surface area contributed by atoms with Crippen LogP contribution in [0.5, 0.6) is 0 Å². The first kappa shape index (κ1) is 20.4. The Balaban J connectivity index is 1.50. The van der Waals surface area contributed by atoms with E-state index >= 15 is 0 Å². The fourth-order valence-corrected chi connectivity index (χ4v) is 3.32. The average molecular weight is 422 g/mol. The number of amides is 1. The number of aromatic nitrogens is 2. The first-order chi connectivity index (χ1) is 14.3. The summed E-state index contributed by atoms with van der Waals surface area (Å²) < 4.78 is 39.7. The van der Waals surface area contributed by atoms with Crippen molar-refractivity contribution in [2.75, 3.05) is 23.8 Å². The summed E-state index contributed by atoms with van der Waals surface area (Å²) in [6.07, 6.45) is -1.44. The number of anilines is 3. The van der Waals surface area contributed by atoms with E-state index in [2.05, 4.69) is 25.4 Å². The van der Waals surface area contributed by atoms with Crippen LogP contribution in [0.15, 0.2) is 24.4 Å². The molecule has 0 radical (unpaired) electrons. The normalized spacial score (nSPS) is 16.2. The third-order valence-electron chi connectivity index (χ3n) is 5.05. The van der Waals surface area contributed by atoms with Gasteiger partial charge in [0.1, 0.15) is 18.0 Å². The molecule has 30 heavy (non-hydrogen) atoms. The Morgan fingerprint density at radius 3 is 2.80 bits per heavy atom. The molecule has 160 valence electrons. The summed E-state index contributed by atoms with van der Waals surface area (Å²) in [7, 11) is 0. The Morgan fingerprint density at radius 2 is 2.10 bits per heavy atom. The molecule has 4 N–H and O–H groups in total. The summed E-state index contributed by atoms with van der Waals surface area (Å²) in [5.74, 6) is 4.65. The van der Waals surface area contributed by atoms with Crippen LogP contribution in [0.3, 0.4) is 0 Å². The standard InChI is InChI=1S/C19H21F3N6O2/c20-19(21,22)15-8-24-18(27-17(15)25-13-3-4-13)26-14-2-1-12-9-28(16(29)10-30-23)6-5-11(12)7-14/h1-2,7-8,13H,3-6,9-10,23H2,(H2,24,25,26,27). The molecule has 2 heterocycles. The van der Waals surface area contributed by atoms with E-state index in [-0.39, 0.29) is 30.3 Å². The minimum atomic E-state index is -4.53. The van der Waals surface area contributed by atoms with Gasteiger partial charge in [-0.3, -0.25) is 9.63 Å². The molecule has 8 nitrogen and oxygen atoms in total. The highest BCUT2D eigenvalue weighted by atomic mass is 19.4. The molecule has 1 aromatic carbocycles. The number of hydrogen-bond donors (Lipinski definition) is 3. The molecule has 1 fully saturated rings. The van der Waals surface area contributed by atoms with Crippen LogP contribution in [0.1, 0.15) is 29.5 Å². The van der Waals surface area contributed by atoms with Crippen LogP contribution in [0.2, 0.25) is 0 Å². The van der Waals surface area contributed by atoms with Crippen molar-refractivity contribution in [2.24, 2.45) is 5.90 Å². The number of nitrogens with two attached hydrogens (primary N) is 1. The lowest BCUT2D eigenvalue weighted by atomic mass is 9.99. The van der Waals surface area contributed by atoms with Crippen molar-refractivity contribution in [1.29, 1.82) is 0 Å². The monoisotopic (exact) mass is 422 g/mol. The second-order valence-corrected chi connectivity index (χ2v) is 7.36. The fraction of sp³-hybridized carbons (Fsp3) is 0.421. The second kappa shape index (κ2) is 8.07. The molecule has 2 aromatic rings. The summed E-state index contributed by atoms with van der Waals surface area (Å²) in [5.41, 5.74) is 1.81. The summed E-state index contributed by atoms with van der Waals surface area (Å²) in [6.45, 7) is 0.812. The number of hydrogen-bond acceptors (Lipinski definition) is 7. The van der Waals surface area contributed by atoms with Crippen molar-refractivity contribution in [1.82, 2.24) is 14.9 Å². The van der Waals surface area contributed by atoms with Gasteiger partial charge in [-0.05, 0) is 42.5 Å². The maximum absolute atomic E-state index is 13.2. The number of fused-ring (bicyclic) bond motifs is 1. The van der Waals surface area contributed by atoms with Crippen molar-refractivity contribution in [3.8, 4) is 0 Å². The van der Waals surface area contributed by atoms with E-state index < -0.39 is 11.7 Å². The molecule has 0 bridgehead atoms. The topological polar surface area (TPSA) is 105 Å². The molecule has 1 aliphatic heterocycles. The van der Waals surface area contributed by atoms with Gasteiger partial charge in [-0.1, -0.05) is 6.07 Å².